The number of aryl methyl sites for hydroxylation is 2. The van der Waals surface area contributed by atoms with Crippen LogP contribution in [0.3, 0.4) is 0 Å². The zero-order chi connectivity index (χ0) is 17.4. The lowest BCUT2D eigenvalue weighted by atomic mass is 10.1. The van der Waals surface area contributed by atoms with Gasteiger partial charge in [-0.1, -0.05) is 42.0 Å². The summed E-state index contributed by atoms with van der Waals surface area (Å²) in [5, 5.41) is 1.07. The van der Waals surface area contributed by atoms with Gasteiger partial charge in [0.2, 0.25) is 5.88 Å². The number of hydrogen-bond acceptors (Lipinski definition) is 3. The van der Waals surface area contributed by atoms with Crippen LogP contribution in [0.1, 0.15) is 22.3 Å². The molecule has 3 aromatic rings. The van der Waals surface area contributed by atoms with Crippen molar-refractivity contribution in [2.45, 2.75) is 26.9 Å². The molecule has 0 atom stereocenters. The van der Waals surface area contributed by atoms with Gasteiger partial charge >= 0.3 is 0 Å². The molecule has 0 bridgehead atoms. The Morgan fingerprint density at radius 1 is 1.04 bits per heavy atom. The van der Waals surface area contributed by atoms with Gasteiger partial charge in [0.25, 0.3) is 5.91 Å². The highest BCUT2D eigenvalue weighted by molar-refractivity contribution is 5.82. The smallest absolute Gasteiger partial charge is 0.261 e. The first-order valence-corrected chi connectivity index (χ1v) is 8.45. The number of fused-ring (bicyclic) bond motifs is 2. The number of nitrogens with zero attached hydrogens (tertiary/aromatic N) is 2. The van der Waals surface area contributed by atoms with Crippen LogP contribution in [-0.4, -0.2) is 22.4 Å². The summed E-state index contributed by atoms with van der Waals surface area (Å²) in [6.07, 6.45) is 0. The van der Waals surface area contributed by atoms with Crippen molar-refractivity contribution >= 4 is 16.8 Å². The van der Waals surface area contributed by atoms with Crippen molar-refractivity contribution < 1.29 is 9.53 Å². The molecule has 25 heavy (non-hydrogen) atoms. The first-order chi connectivity index (χ1) is 12.1. The predicted octanol–water partition coefficient (Wildman–Crippen LogP) is 3.77. The number of carbonyl (C=O) groups excluding carboxylic acids is 1. The van der Waals surface area contributed by atoms with Crippen LogP contribution < -0.4 is 4.74 Å². The molecular weight excluding hydrogens is 312 g/mol. The van der Waals surface area contributed by atoms with E-state index in [2.05, 4.69) is 54.4 Å². The van der Waals surface area contributed by atoms with E-state index in [1.807, 2.05) is 17.9 Å². The van der Waals surface area contributed by atoms with Gasteiger partial charge in [-0.05, 0) is 37.1 Å². The fraction of sp³-hybridized carbons (Fsp3) is 0.238. The van der Waals surface area contributed by atoms with E-state index in [1.165, 1.54) is 5.56 Å². The van der Waals surface area contributed by atoms with Crippen LogP contribution in [0.5, 0.6) is 5.88 Å². The second kappa shape index (κ2) is 6.20. The fourth-order valence-electron chi connectivity index (χ4n) is 3.11. The van der Waals surface area contributed by atoms with E-state index >= 15 is 0 Å². The lowest BCUT2D eigenvalue weighted by Gasteiger charge is -2.20. The normalized spacial score (nSPS) is 14.2. The summed E-state index contributed by atoms with van der Waals surface area (Å²) in [7, 11) is 0. The summed E-state index contributed by atoms with van der Waals surface area (Å²) in [5.41, 5.74) is 5.34. The summed E-state index contributed by atoms with van der Waals surface area (Å²) in [4.78, 5) is 18.9. The van der Waals surface area contributed by atoms with Gasteiger partial charge in [-0.25, -0.2) is 4.98 Å². The topological polar surface area (TPSA) is 42.4 Å². The third-order valence-corrected chi connectivity index (χ3v) is 4.55. The average Bonchev–Trinajstić information content (AvgIpc) is 2.74. The third-order valence-electron chi connectivity index (χ3n) is 4.55. The van der Waals surface area contributed by atoms with Crippen molar-refractivity contribution in [3.63, 3.8) is 0 Å². The van der Waals surface area contributed by atoms with Gasteiger partial charge < -0.3 is 9.64 Å². The Morgan fingerprint density at radius 2 is 1.80 bits per heavy atom. The summed E-state index contributed by atoms with van der Waals surface area (Å²) in [5.74, 6) is 0.552. The molecular formula is C21H20N2O2. The van der Waals surface area contributed by atoms with Gasteiger partial charge in [0.05, 0.1) is 12.1 Å². The van der Waals surface area contributed by atoms with Crippen molar-refractivity contribution in [1.82, 2.24) is 9.88 Å². The van der Waals surface area contributed by atoms with E-state index in [0.29, 0.717) is 19.0 Å². The molecule has 1 amide bonds. The molecule has 0 saturated heterocycles. The molecule has 0 fully saturated rings. The molecule has 0 aliphatic carbocycles. The average molecular weight is 332 g/mol. The number of benzene rings is 2. The van der Waals surface area contributed by atoms with Crippen LogP contribution in [0, 0.1) is 13.8 Å². The SMILES string of the molecule is Cc1ccc(CN2Cc3cc4ccc(C)cc4nc3OCC2=O)cc1. The monoisotopic (exact) mass is 332 g/mol. The second-order valence-corrected chi connectivity index (χ2v) is 6.67. The van der Waals surface area contributed by atoms with E-state index in [4.69, 9.17) is 4.74 Å². The quantitative estimate of drug-likeness (QED) is 0.717. The molecule has 4 heteroatoms. The highest BCUT2D eigenvalue weighted by atomic mass is 16.5. The van der Waals surface area contributed by atoms with Crippen LogP contribution in [0.4, 0.5) is 0 Å². The molecule has 1 aromatic heterocycles. The minimum atomic E-state index is -0.0150. The molecule has 126 valence electrons. The first kappa shape index (κ1) is 15.6. The van der Waals surface area contributed by atoms with Gasteiger partial charge in [-0.15, -0.1) is 0 Å². The first-order valence-electron chi connectivity index (χ1n) is 8.45. The molecule has 1 aliphatic rings. The summed E-state index contributed by atoms with van der Waals surface area (Å²) in [6, 6.07) is 16.5. The largest absolute Gasteiger partial charge is 0.467 e. The van der Waals surface area contributed by atoms with Gasteiger partial charge in [0, 0.05) is 17.5 Å². The highest BCUT2D eigenvalue weighted by Gasteiger charge is 2.23. The molecule has 0 saturated carbocycles. The molecule has 2 heterocycles. The van der Waals surface area contributed by atoms with Gasteiger partial charge in [0.15, 0.2) is 6.61 Å². The lowest BCUT2D eigenvalue weighted by Crippen LogP contribution is -2.31. The summed E-state index contributed by atoms with van der Waals surface area (Å²) in [6.45, 7) is 5.22. The number of rotatable bonds is 2. The van der Waals surface area contributed by atoms with Crippen molar-refractivity contribution in [2.75, 3.05) is 6.61 Å². The molecule has 2 aromatic carbocycles. The zero-order valence-electron chi connectivity index (χ0n) is 14.5. The number of pyridine rings is 1. The Bertz CT molecular complexity index is 948. The Kier molecular flexibility index (Phi) is 3.88. The van der Waals surface area contributed by atoms with E-state index in [9.17, 15) is 4.79 Å². The van der Waals surface area contributed by atoms with Crippen molar-refractivity contribution in [2.24, 2.45) is 0 Å². The number of carbonyl (C=O) groups is 1. The maximum absolute atomic E-state index is 12.5. The van der Waals surface area contributed by atoms with Crippen LogP contribution in [0.25, 0.3) is 10.9 Å². The minimum absolute atomic E-state index is 0.0150. The van der Waals surface area contributed by atoms with Gasteiger partial charge in [-0.3, -0.25) is 4.79 Å². The van der Waals surface area contributed by atoms with Crippen LogP contribution in [0.15, 0.2) is 48.5 Å². The Hall–Kier alpha value is -2.88. The molecule has 1 aliphatic heterocycles. The van der Waals surface area contributed by atoms with Gasteiger partial charge in [0.1, 0.15) is 0 Å². The second-order valence-electron chi connectivity index (χ2n) is 6.67. The maximum atomic E-state index is 12.5. The Morgan fingerprint density at radius 3 is 2.60 bits per heavy atom. The number of amides is 1. The predicted molar refractivity (Wildman–Crippen MR) is 97.4 cm³/mol. The molecule has 4 nitrogen and oxygen atoms in total. The van der Waals surface area contributed by atoms with E-state index in [1.54, 1.807) is 0 Å². The highest BCUT2D eigenvalue weighted by Crippen LogP contribution is 2.27. The van der Waals surface area contributed by atoms with Crippen LogP contribution >= 0.6 is 0 Å². The van der Waals surface area contributed by atoms with Crippen LogP contribution in [-0.2, 0) is 17.9 Å². The molecule has 0 N–H and O–H groups in total. The zero-order valence-corrected chi connectivity index (χ0v) is 14.5. The summed E-state index contributed by atoms with van der Waals surface area (Å²) < 4.78 is 5.69. The van der Waals surface area contributed by atoms with Crippen molar-refractivity contribution in [3.8, 4) is 5.88 Å². The van der Waals surface area contributed by atoms with Gasteiger partial charge in [-0.2, -0.15) is 0 Å². The van der Waals surface area contributed by atoms with Crippen molar-refractivity contribution in [3.05, 3.63) is 70.8 Å². The lowest BCUT2D eigenvalue weighted by molar-refractivity contribution is -0.133. The minimum Gasteiger partial charge on any atom is -0.467 e. The van der Waals surface area contributed by atoms with E-state index in [0.717, 1.165) is 27.6 Å². The number of hydrogen-bond donors (Lipinski definition) is 0. The van der Waals surface area contributed by atoms with E-state index < -0.39 is 0 Å². The molecule has 0 radical (unpaired) electrons. The van der Waals surface area contributed by atoms with Crippen LogP contribution in [0.2, 0.25) is 0 Å². The van der Waals surface area contributed by atoms with E-state index in [-0.39, 0.29) is 12.5 Å². The van der Waals surface area contributed by atoms with Crippen molar-refractivity contribution in [1.29, 1.82) is 0 Å². The molecule has 0 spiro atoms. The molecule has 0 unspecified atom stereocenters. The molecule has 4 rings (SSSR count). The number of ether oxygens (including phenoxy) is 1. The number of aromatic nitrogens is 1. The Balaban J connectivity index is 1.67. The Labute approximate surface area is 147 Å². The summed E-state index contributed by atoms with van der Waals surface area (Å²) >= 11 is 0. The fourth-order valence-corrected chi connectivity index (χ4v) is 3.11. The maximum Gasteiger partial charge on any atom is 0.261 e. The standard InChI is InChI=1S/C21H20N2O2/c1-14-3-6-16(7-4-14)11-23-12-18-10-17-8-5-15(2)9-19(17)22-21(18)25-13-20(23)24/h3-10H,11-13H2,1-2H3. The third kappa shape index (κ3) is 3.20.